The van der Waals surface area contributed by atoms with Crippen LogP contribution in [0, 0.1) is 20.8 Å². The summed E-state index contributed by atoms with van der Waals surface area (Å²) in [5, 5.41) is 3.94. The summed E-state index contributed by atoms with van der Waals surface area (Å²) in [6.07, 6.45) is 1.69. The van der Waals surface area contributed by atoms with Crippen LogP contribution >= 0.6 is 11.3 Å². The molecule has 134 valence electrons. The minimum atomic E-state index is -0.0473. The third-order valence-electron chi connectivity index (χ3n) is 3.75. The lowest BCUT2D eigenvalue weighted by molar-refractivity contribution is 0.0831. The van der Waals surface area contributed by atoms with E-state index in [4.69, 9.17) is 0 Å². The van der Waals surface area contributed by atoms with Crippen molar-refractivity contribution in [2.75, 3.05) is 19.4 Å². The van der Waals surface area contributed by atoms with Crippen molar-refractivity contribution in [1.29, 1.82) is 0 Å². The molecule has 1 N–H and O–H groups in total. The van der Waals surface area contributed by atoms with Crippen molar-refractivity contribution in [3.05, 3.63) is 52.2 Å². The molecule has 0 bridgehead atoms. The summed E-state index contributed by atoms with van der Waals surface area (Å²) < 4.78 is 0. The van der Waals surface area contributed by atoms with Crippen LogP contribution in [0.1, 0.15) is 26.5 Å². The van der Waals surface area contributed by atoms with Crippen molar-refractivity contribution in [2.24, 2.45) is 0 Å². The third kappa shape index (κ3) is 3.88. The highest BCUT2D eigenvalue weighted by molar-refractivity contribution is 7.17. The molecule has 7 heteroatoms. The fourth-order valence-corrected chi connectivity index (χ4v) is 3.68. The normalized spacial score (nSPS) is 10.7. The Kier molecular flexibility index (Phi) is 4.99. The summed E-state index contributed by atoms with van der Waals surface area (Å²) >= 11 is 1.35. The third-order valence-corrected chi connectivity index (χ3v) is 4.92. The first-order valence-corrected chi connectivity index (χ1v) is 9.03. The van der Waals surface area contributed by atoms with E-state index in [9.17, 15) is 4.79 Å². The van der Waals surface area contributed by atoms with Crippen LogP contribution in [0.5, 0.6) is 0 Å². The Bertz CT molecular complexity index is 944. The van der Waals surface area contributed by atoms with Gasteiger partial charge in [-0.1, -0.05) is 6.07 Å². The van der Waals surface area contributed by atoms with Gasteiger partial charge in [0.1, 0.15) is 15.6 Å². The van der Waals surface area contributed by atoms with Gasteiger partial charge in [-0.15, -0.1) is 11.3 Å². The lowest BCUT2D eigenvalue weighted by Gasteiger charge is -2.08. The van der Waals surface area contributed by atoms with Crippen molar-refractivity contribution in [2.45, 2.75) is 20.8 Å². The van der Waals surface area contributed by atoms with Crippen LogP contribution in [-0.2, 0) is 0 Å². The highest BCUT2D eigenvalue weighted by Gasteiger charge is 2.18. The molecule has 2 aromatic heterocycles. The Morgan fingerprint density at radius 2 is 1.77 bits per heavy atom. The van der Waals surface area contributed by atoms with Gasteiger partial charge in [0.05, 0.1) is 5.69 Å². The van der Waals surface area contributed by atoms with Crippen molar-refractivity contribution >= 4 is 28.9 Å². The highest BCUT2D eigenvalue weighted by Crippen LogP contribution is 2.28. The van der Waals surface area contributed by atoms with E-state index in [1.165, 1.54) is 22.5 Å². The van der Waals surface area contributed by atoms with Gasteiger partial charge in [0.15, 0.2) is 0 Å². The van der Waals surface area contributed by atoms with Crippen molar-refractivity contribution in [3.63, 3.8) is 0 Å². The number of rotatable bonds is 4. The minimum absolute atomic E-state index is 0.0473. The van der Waals surface area contributed by atoms with Crippen molar-refractivity contribution < 1.29 is 4.79 Å². The zero-order valence-electron chi connectivity index (χ0n) is 15.5. The number of anilines is 2. The molecule has 0 atom stereocenters. The highest BCUT2D eigenvalue weighted by atomic mass is 32.1. The molecule has 0 spiro atoms. The molecule has 0 aliphatic rings. The van der Waals surface area contributed by atoms with Crippen LogP contribution in [-0.4, -0.2) is 39.9 Å². The fraction of sp³-hybridized carbons (Fsp3) is 0.263. The van der Waals surface area contributed by atoms with E-state index in [1.807, 2.05) is 19.1 Å². The quantitative estimate of drug-likeness (QED) is 0.755. The molecule has 3 aromatic rings. The number of carbonyl (C=O) groups is 1. The van der Waals surface area contributed by atoms with Gasteiger partial charge < -0.3 is 10.2 Å². The van der Waals surface area contributed by atoms with E-state index in [-0.39, 0.29) is 5.91 Å². The second-order valence-corrected chi connectivity index (χ2v) is 7.40. The summed E-state index contributed by atoms with van der Waals surface area (Å²) in [5.41, 5.74) is 4.69. The molecule has 0 aliphatic heterocycles. The molecular weight excluding hydrogens is 346 g/mol. The second kappa shape index (κ2) is 7.21. The van der Waals surface area contributed by atoms with Gasteiger partial charge in [-0.3, -0.25) is 4.79 Å². The molecule has 0 aliphatic carbocycles. The smallest absolute Gasteiger partial charge is 0.265 e. The topological polar surface area (TPSA) is 71.0 Å². The van der Waals surface area contributed by atoms with E-state index in [0.29, 0.717) is 27.2 Å². The van der Waals surface area contributed by atoms with Gasteiger partial charge >= 0.3 is 0 Å². The zero-order valence-corrected chi connectivity index (χ0v) is 16.3. The van der Waals surface area contributed by atoms with Gasteiger partial charge in [-0.05, 0) is 50.1 Å². The first-order valence-electron chi connectivity index (χ1n) is 8.21. The summed E-state index contributed by atoms with van der Waals surface area (Å²) in [7, 11) is 3.47. The predicted molar refractivity (Wildman–Crippen MR) is 105 cm³/mol. The van der Waals surface area contributed by atoms with Crippen LogP contribution in [0.4, 0.5) is 11.6 Å². The van der Waals surface area contributed by atoms with Gasteiger partial charge in [-0.2, -0.15) is 0 Å². The average molecular weight is 367 g/mol. The van der Waals surface area contributed by atoms with Crippen LogP contribution in [0.3, 0.4) is 0 Å². The number of amides is 1. The van der Waals surface area contributed by atoms with Crippen molar-refractivity contribution in [3.8, 4) is 10.7 Å². The molecule has 6 nitrogen and oxygen atoms in total. The molecule has 2 heterocycles. The second-order valence-electron chi connectivity index (χ2n) is 6.40. The largest absolute Gasteiger partial charge is 0.344 e. The summed E-state index contributed by atoms with van der Waals surface area (Å²) in [5.74, 6) is 0.453. The SMILES string of the molecule is Cc1cc(C)cc(Nc2nccc(-c3nc(C)c(C(=O)N(C)C)s3)n2)c1. The predicted octanol–water partition coefficient (Wildman–Crippen LogP) is 3.97. The summed E-state index contributed by atoms with van der Waals surface area (Å²) in [4.78, 5) is 27.8. The number of nitrogens with one attached hydrogen (secondary N) is 1. The van der Waals surface area contributed by atoms with E-state index in [0.717, 1.165) is 5.69 Å². The maximum absolute atomic E-state index is 12.2. The molecule has 0 saturated heterocycles. The lowest BCUT2D eigenvalue weighted by Crippen LogP contribution is -2.21. The van der Waals surface area contributed by atoms with Crippen LogP contribution < -0.4 is 5.32 Å². The standard InChI is InChI=1S/C19H21N5OS/c1-11-8-12(2)10-14(9-11)22-19-20-7-6-15(23-19)17-21-13(3)16(26-17)18(25)24(4)5/h6-10H,1-5H3,(H,20,22,23). The van der Waals surface area contributed by atoms with Crippen molar-refractivity contribution in [1.82, 2.24) is 19.9 Å². The van der Waals surface area contributed by atoms with Gasteiger partial charge in [0, 0.05) is 26.0 Å². The van der Waals surface area contributed by atoms with E-state index in [2.05, 4.69) is 40.2 Å². The maximum Gasteiger partial charge on any atom is 0.265 e. The van der Waals surface area contributed by atoms with Gasteiger partial charge in [0.2, 0.25) is 5.95 Å². The van der Waals surface area contributed by atoms with E-state index in [1.54, 1.807) is 31.3 Å². The Morgan fingerprint density at radius 3 is 2.42 bits per heavy atom. The number of hydrogen-bond acceptors (Lipinski definition) is 6. The number of nitrogens with zero attached hydrogens (tertiary/aromatic N) is 4. The number of thiazole rings is 1. The molecular formula is C19H21N5OS. The molecule has 0 fully saturated rings. The van der Waals surface area contributed by atoms with E-state index >= 15 is 0 Å². The van der Waals surface area contributed by atoms with Crippen LogP contribution in [0.25, 0.3) is 10.7 Å². The summed E-state index contributed by atoms with van der Waals surface area (Å²) in [6, 6.07) is 8.01. The summed E-state index contributed by atoms with van der Waals surface area (Å²) in [6.45, 7) is 5.95. The molecule has 1 aromatic carbocycles. The number of aromatic nitrogens is 3. The average Bonchev–Trinajstić information content (AvgIpc) is 2.95. The van der Waals surface area contributed by atoms with Crippen LogP contribution in [0.15, 0.2) is 30.5 Å². The van der Waals surface area contributed by atoms with Crippen LogP contribution in [0.2, 0.25) is 0 Å². The minimum Gasteiger partial charge on any atom is -0.344 e. The molecule has 3 rings (SSSR count). The fourth-order valence-electron chi connectivity index (χ4n) is 2.62. The number of aryl methyl sites for hydroxylation is 3. The molecule has 1 amide bonds. The Hall–Kier alpha value is -2.80. The molecule has 0 saturated carbocycles. The number of carbonyl (C=O) groups excluding carboxylic acids is 1. The first kappa shape index (κ1) is 18.0. The lowest BCUT2D eigenvalue weighted by atomic mass is 10.1. The Balaban J connectivity index is 1.90. The molecule has 26 heavy (non-hydrogen) atoms. The number of benzene rings is 1. The van der Waals surface area contributed by atoms with E-state index < -0.39 is 0 Å². The first-order chi connectivity index (χ1) is 12.3. The maximum atomic E-state index is 12.2. The zero-order chi connectivity index (χ0) is 18.8. The molecule has 0 radical (unpaired) electrons. The Morgan fingerprint density at radius 1 is 1.08 bits per heavy atom. The monoisotopic (exact) mass is 367 g/mol. The molecule has 0 unspecified atom stereocenters. The van der Waals surface area contributed by atoms with Gasteiger partial charge in [-0.25, -0.2) is 15.0 Å². The Labute approximate surface area is 157 Å². The number of hydrogen-bond donors (Lipinski definition) is 1. The van der Waals surface area contributed by atoms with Gasteiger partial charge in [0.25, 0.3) is 5.91 Å².